The standard InChI is InChI=1S/C15H25FN3O6P/c1-8(2)23-7-10-13(25-26(21,22)9(3)4)12(16)14(24-10)19-6-5-11(17)18-15(19)20/h5-6,8-10,12-14H,7H2,1-4H3,(H,21,22)(H2,17,18,20)/p-1/t10-,12?,13+,14-/m1/s1. The Hall–Kier alpha value is -1.32. The van der Waals surface area contributed by atoms with Crippen molar-refractivity contribution in [1.82, 2.24) is 9.55 Å². The second-order valence-electron chi connectivity index (χ2n) is 6.64. The summed E-state index contributed by atoms with van der Waals surface area (Å²) in [6, 6.07) is 1.32. The van der Waals surface area contributed by atoms with Crippen LogP contribution in [0.4, 0.5) is 10.2 Å². The SMILES string of the molecule is CC(C)OC[C@H]1O[C@@H](n2ccc(N)nc2=O)C(F)[C@H]1OP(=O)([O-])C(C)C. The Morgan fingerprint density at radius 1 is 1.46 bits per heavy atom. The van der Waals surface area contributed by atoms with Crippen molar-refractivity contribution in [3.63, 3.8) is 0 Å². The van der Waals surface area contributed by atoms with E-state index in [0.717, 1.165) is 4.57 Å². The monoisotopic (exact) mass is 392 g/mol. The van der Waals surface area contributed by atoms with E-state index in [0.29, 0.717) is 0 Å². The number of rotatable bonds is 7. The highest BCUT2D eigenvalue weighted by Gasteiger charge is 2.49. The van der Waals surface area contributed by atoms with E-state index in [2.05, 4.69) is 4.98 Å². The van der Waals surface area contributed by atoms with Crippen molar-refractivity contribution in [3.05, 3.63) is 22.7 Å². The minimum atomic E-state index is -4.32. The Morgan fingerprint density at radius 2 is 2.12 bits per heavy atom. The number of hydrogen-bond acceptors (Lipinski definition) is 8. The van der Waals surface area contributed by atoms with Crippen LogP contribution in [-0.2, 0) is 18.6 Å². The molecule has 0 aliphatic carbocycles. The van der Waals surface area contributed by atoms with Gasteiger partial charge in [-0.15, -0.1) is 0 Å². The van der Waals surface area contributed by atoms with Crippen LogP contribution in [-0.4, -0.2) is 46.3 Å². The number of hydrogen-bond donors (Lipinski definition) is 1. The number of anilines is 1. The van der Waals surface area contributed by atoms with Gasteiger partial charge in [-0.2, -0.15) is 4.98 Å². The van der Waals surface area contributed by atoms with E-state index < -0.39 is 43.6 Å². The first-order valence-electron chi connectivity index (χ1n) is 8.28. The van der Waals surface area contributed by atoms with Gasteiger partial charge in [-0.05, 0) is 19.9 Å². The van der Waals surface area contributed by atoms with E-state index in [4.69, 9.17) is 19.7 Å². The average molecular weight is 392 g/mol. The van der Waals surface area contributed by atoms with Crippen LogP contribution in [0.2, 0.25) is 0 Å². The zero-order valence-corrected chi connectivity index (χ0v) is 16.0. The molecule has 1 fully saturated rings. The molecule has 0 radical (unpaired) electrons. The molecule has 2 unspecified atom stereocenters. The van der Waals surface area contributed by atoms with E-state index in [9.17, 15) is 14.3 Å². The quantitative estimate of drug-likeness (QED) is 0.676. The lowest BCUT2D eigenvalue weighted by molar-refractivity contribution is -0.208. The van der Waals surface area contributed by atoms with E-state index in [1.54, 1.807) is 13.8 Å². The van der Waals surface area contributed by atoms with Crippen LogP contribution in [0.1, 0.15) is 33.9 Å². The van der Waals surface area contributed by atoms with Gasteiger partial charge in [0.1, 0.15) is 25.6 Å². The Bertz CT molecular complexity index is 728. The molecule has 148 valence electrons. The van der Waals surface area contributed by atoms with Gasteiger partial charge in [0.05, 0.1) is 12.7 Å². The normalized spacial score (nSPS) is 28.6. The lowest BCUT2D eigenvalue weighted by atomic mass is 10.1. The summed E-state index contributed by atoms with van der Waals surface area (Å²) < 4.78 is 44.1. The number of aromatic nitrogens is 2. The van der Waals surface area contributed by atoms with E-state index in [1.807, 2.05) is 0 Å². The molecule has 0 spiro atoms. The third-order valence-corrected chi connectivity index (χ3v) is 5.69. The van der Waals surface area contributed by atoms with Gasteiger partial charge >= 0.3 is 5.69 Å². The number of nitrogens with zero attached hydrogens (tertiary/aromatic N) is 2. The predicted molar refractivity (Wildman–Crippen MR) is 90.4 cm³/mol. The zero-order chi connectivity index (χ0) is 19.6. The van der Waals surface area contributed by atoms with Crippen LogP contribution in [0.3, 0.4) is 0 Å². The number of ether oxygens (including phenoxy) is 2. The zero-order valence-electron chi connectivity index (χ0n) is 15.1. The smallest absolute Gasteiger partial charge is 0.351 e. The van der Waals surface area contributed by atoms with Crippen LogP contribution in [0.5, 0.6) is 0 Å². The van der Waals surface area contributed by atoms with Gasteiger partial charge in [-0.3, -0.25) is 4.57 Å². The molecule has 2 heterocycles. The Kier molecular flexibility index (Phi) is 6.57. The summed E-state index contributed by atoms with van der Waals surface area (Å²) in [6.07, 6.45) is -4.70. The lowest BCUT2D eigenvalue weighted by Crippen LogP contribution is -2.37. The second kappa shape index (κ2) is 8.14. The average Bonchev–Trinajstić information content (AvgIpc) is 2.81. The molecule has 1 aromatic rings. The predicted octanol–water partition coefficient (Wildman–Crippen LogP) is 0.833. The van der Waals surface area contributed by atoms with E-state index >= 15 is 4.39 Å². The van der Waals surface area contributed by atoms with E-state index in [1.165, 1.54) is 26.1 Å². The molecule has 1 aliphatic heterocycles. The van der Waals surface area contributed by atoms with Gasteiger partial charge in [-0.25, -0.2) is 9.18 Å². The van der Waals surface area contributed by atoms with Gasteiger partial charge < -0.3 is 29.2 Å². The molecule has 5 atom stereocenters. The molecule has 2 N–H and O–H groups in total. The Morgan fingerprint density at radius 3 is 2.65 bits per heavy atom. The molecule has 1 aromatic heterocycles. The van der Waals surface area contributed by atoms with Crippen LogP contribution >= 0.6 is 7.60 Å². The van der Waals surface area contributed by atoms with Gasteiger partial charge in [0, 0.05) is 11.9 Å². The maximum atomic E-state index is 15.0. The molecule has 11 heteroatoms. The van der Waals surface area contributed by atoms with Gasteiger partial charge in [0.2, 0.25) is 0 Å². The summed E-state index contributed by atoms with van der Waals surface area (Å²) in [4.78, 5) is 27.6. The highest BCUT2D eigenvalue weighted by molar-refractivity contribution is 7.52. The topological polar surface area (TPSA) is 129 Å². The molecule has 1 aliphatic rings. The Labute approximate surface area is 150 Å². The molecular formula is C15H24FN3O6P-. The molecule has 0 bridgehead atoms. The summed E-state index contributed by atoms with van der Waals surface area (Å²) in [7, 11) is -4.32. The van der Waals surface area contributed by atoms with Crippen molar-refractivity contribution in [2.24, 2.45) is 0 Å². The number of nitrogens with two attached hydrogens (primary N) is 1. The molecule has 9 nitrogen and oxygen atoms in total. The summed E-state index contributed by atoms with van der Waals surface area (Å²) in [5.74, 6) is -0.0176. The number of nitrogen functional groups attached to an aromatic ring is 1. The number of halogens is 1. The fourth-order valence-corrected chi connectivity index (χ4v) is 3.21. The molecule has 0 saturated carbocycles. The van der Waals surface area contributed by atoms with Crippen molar-refractivity contribution in [3.8, 4) is 0 Å². The molecule has 2 rings (SSSR count). The fourth-order valence-electron chi connectivity index (χ4n) is 2.38. The van der Waals surface area contributed by atoms with Crippen LogP contribution in [0.25, 0.3) is 0 Å². The van der Waals surface area contributed by atoms with Crippen molar-refractivity contribution in [2.45, 2.75) is 64.1 Å². The first-order chi connectivity index (χ1) is 12.0. The first kappa shape index (κ1) is 21.0. The third kappa shape index (κ3) is 4.69. The van der Waals surface area contributed by atoms with Gasteiger partial charge in [-0.1, -0.05) is 13.8 Å². The van der Waals surface area contributed by atoms with Crippen LogP contribution < -0.4 is 16.3 Å². The maximum absolute atomic E-state index is 15.0. The molecule has 0 aromatic carbocycles. The Balaban J connectivity index is 2.30. The second-order valence-corrected chi connectivity index (χ2v) is 8.96. The summed E-state index contributed by atoms with van der Waals surface area (Å²) in [5, 5.41) is 0. The molecule has 0 amide bonds. The van der Waals surface area contributed by atoms with Crippen molar-refractivity contribution >= 4 is 13.4 Å². The van der Waals surface area contributed by atoms with Gasteiger partial charge in [0.25, 0.3) is 0 Å². The minimum absolute atomic E-state index is 0.0176. The van der Waals surface area contributed by atoms with Crippen molar-refractivity contribution in [2.75, 3.05) is 12.3 Å². The lowest BCUT2D eigenvalue weighted by Gasteiger charge is -2.32. The van der Waals surface area contributed by atoms with Crippen molar-refractivity contribution < 1.29 is 27.8 Å². The first-order valence-corrected chi connectivity index (χ1v) is 9.89. The molecule has 26 heavy (non-hydrogen) atoms. The summed E-state index contributed by atoms with van der Waals surface area (Å²) in [6.45, 7) is 6.32. The highest BCUT2D eigenvalue weighted by Crippen LogP contribution is 2.48. The van der Waals surface area contributed by atoms with Crippen LogP contribution in [0.15, 0.2) is 17.1 Å². The van der Waals surface area contributed by atoms with Crippen LogP contribution in [0, 0.1) is 0 Å². The fraction of sp³-hybridized carbons (Fsp3) is 0.733. The molecular weight excluding hydrogens is 368 g/mol. The van der Waals surface area contributed by atoms with Gasteiger partial charge in [0.15, 0.2) is 12.4 Å². The summed E-state index contributed by atoms with van der Waals surface area (Å²) >= 11 is 0. The largest absolute Gasteiger partial charge is 0.778 e. The number of alkyl halides is 1. The highest BCUT2D eigenvalue weighted by atomic mass is 31.2. The van der Waals surface area contributed by atoms with Crippen molar-refractivity contribution in [1.29, 1.82) is 0 Å². The summed E-state index contributed by atoms with van der Waals surface area (Å²) in [5.41, 5.74) is 3.79. The molecule has 1 saturated heterocycles. The third-order valence-electron chi connectivity index (χ3n) is 3.89. The minimum Gasteiger partial charge on any atom is -0.778 e. The maximum Gasteiger partial charge on any atom is 0.351 e. The van der Waals surface area contributed by atoms with E-state index in [-0.39, 0.29) is 18.5 Å².